The van der Waals surface area contributed by atoms with Gasteiger partial charge in [-0.2, -0.15) is 0 Å². The van der Waals surface area contributed by atoms with Gasteiger partial charge in [0.15, 0.2) is 0 Å². The first kappa shape index (κ1) is 12.4. The molecule has 1 amide bonds. The lowest BCUT2D eigenvalue weighted by atomic mass is 10.0. The third-order valence-electron chi connectivity index (χ3n) is 4.06. The molecule has 0 aromatic heterocycles. The van der Waals surface area contributed by atoms with Crippen molar-refractivity contribution < 1.29 is 4.79 Å². The summed E-state index contributed by atoms with van der Waals surface area (Å²) in [5, 5.41) is 3.10. The minimum atomic E-state index is 0.317. The maximum Gasteiger partial charge on any atom is 0.223 e. The summed E-state index contributed by atoms with van der Waals surface area (Å²) in [5.41, 5.74) is 0. The number of nitrogens with one attached hydrogen (secondary N) is 1. The van der Waals surface area contributed by atoms with E-state index in [4.69, 9.17) is 0 Å². The molecule has 2 saturated carbocycles. The number of alkyl halides is 1. The molecular formula is C13H22BrNO. The average molecular weight is 288 g/mol. The summed E-state index contributed by atoms with van der Waals surface area (Å²) in [5.74, 6) is 2.14. The Morgan fingerprint density at radius 3 is 2.56 bits per heavy atom. The molecule has 0 bridgehead atoms. The maximum atomic E-state index is 11.9. The summed E-state index contributed by atoms with van der Waals surface area (Å²) in [7, 11) is 0. The second-order valence-corrected chi connectivity index (χ2v) is 6.56. The third kappa shape index (κ3) is 2.79. The molecule has 0 aromatic carbocycles. The topological polar surface area (TPSA) is 29.1 Å². The van der Waals surface area contributed by atoms with Crippen LogP contribution in [-0.4, -0.2) is 17.3 Å². The fraction of sp³-hybridized carbons (Fsp3) is 0.923. The van der Waals surface area contributed by atoms with Gasteiger partial charge in [-0.3, -0.25) is 4.79 Å². The van der Waals surface area contributed by atoms with E-state index in [1.54, 1.807) is 0 Å². The number of hydrogen-bond acceptors (Lipinski definition) is 1. The number of rotatable bonds is 5. The highest BCUT2D eigenvalue weighted by atomic mass is 79.9. The molecule has 2 aliphatic rings. The largest absolute Gasteiger partial charge is 0.355 e. The van der Waals surface area contributed by atoms with Crippen LogP contribution in [0.2, 0.25) is 0 Å². The summed E-state index contributed by atoms with van der Waals surface area (Å²) < 4.78 is 0. The van der Waals surface area contributed by atoms with Crippen LogP contribution in [0.15, 0.2) is 0 Å². The third-order valence-corrected chi connectivity index (χ3v) is 4.84. The molecule has 0 aromatic rings. The lowest BCUT2D eigenvalue weighted by molar-refractivity contribution is -0.122. The number of amides is 1. The Bertz CT molecular complexity index is 244. The van der Waals surface area contributed by atoms with Crippen LogP contribution in [0, 0.1) is 17.8 Å². The predicted octanol–water partition coefficient (Wildman–Crippen LogP) is 3.10. The maximum absolute atomic E-state index is 11.9. The van der Waals surface area contributed by atoms with Crippen LogP contribution in [0.1, 0.15) is 45.4 Å². The van der Waals surface area contributed by atoms with E-state index < -0.39 is 0 Å². The number of carbonyl (C=O) groups excluding carboxylic acids is 1. The van der Waals surface area contributed by atoms with E-state index in [1.165, 1.54) is 32.1 Å². The van der Waals surface area contributed by atoms with Gasteiger partial charge in [-0.1, -0.05) is 42.1 Å². The van der Waals surface area contributed by atoms with E-state index in [9.17, 15) is 4.79 Å². The first-order valence-corrected chi connectivity index (χ1v) is 7.57. The minimum Gasteiger partial charge on any atom is -0.355 e. The quantitative estimate of drug-likeness (QED) is 0.774. The Kier molecular flexibility index (Phi) is 4.28. The van der Waals surface area contributed by atoms with Gasteiger partial charge in [-0.05, 0) is 31.1 Å². The zero-order valence-electron chi connectivity index (χ0n) is 10.0. The van der Waals surface area contributed by atoms with Crippen molar-refractivity contribution in [2.75, 3.05) is 6.54 Å². The van der Waals surface area contributed by atoms with Gasteiger partial charge in [-0.15, -0.1) is 0 Å². The van der Waals surface area contributed by atoms with Gasteiger partial charge in [0.05, 0.1) is 0 Å². The van der Waals surface area contributed by atoms with Gasteiger partial charge < -0.3 is 5.32 Å². The highest BCUT2D eigenvalue weighted by Gasteiger charge is 2.54. The molecular weight excluding hydrogens is 266 g/mol. The summed E-state index contributed by atoms with van der Waals surface area (Å²) in [4.78, 5) is 12.4. The molecule has 92 valence electrons. The first-order valence-electron chi connectivity index (χ1n) is 6.65. The van der Waals surface area contributed by atoms with E-state index in [-0.39, 0.29) is 0 Å². The summed E-state index contributed by atoms with van der Waals surface area (Å²) >= 11 is 3.60. The molecule has 0 saturated heterocycles. The fourth-order valence-corrected chi connectivity index (χ4v) is 3.75. The molecule has 2 fully saturated rings. The standard InChI is InChI=1S/C13H22BrNO/c1-2-5-9(14)8-15-13(16)12-10-6-3-4-7-11(10)12/h9-12H,2-8H2,1H3,(H,15,16). The highest BCUT2D eigenvalue weighted by Crippen LogP contribution is 2.55. The van der Waals surface area contributed by atoms with Crippen molar-refractivity contribution in [1.82, 2.24) is 5.32 Å². The monoisotopic (exact) mass is 287 g/mol. The van der Waals surface area contributed by atoms with Gasteiger partial charge in [-0.25, -0.2) is 0 Å². The van der Waals surface area contributed by atoms with E-state index in [0.717, 1.165) is 24.8 Å². The first-order chi connectivity index (χ1) is 7.74. The van der Waals surface area contributed by atoms with Crippen molar-refractivity contribution in [2.45, 2.75) is 50.3 Å². The van der Waals surface area contributed by atoms with E-state index >= 15 is 0 Å². The van der Waals surface area contributed by atoms with Crippen molar-refractivity contribution in [3.63, 3.8) is 0 Å². The Hall–Kier alpha value is -0.0500. The number of fused-ring (bicyclic) bond motifs is 1. The van der Waals surface area contributed by atoms with Gasteiger partial charge in [0.25, 0.3) is 0 Å². The summed E-state index contributed by atoms with van der Waals surface area (Å²) in [6, 6.07) is 0. The van der Waals surface area contributed by atoms with Crippen LogP contribution in [0.4, 0.5) is 0 Å². The predicted molar refractivity (Wildman–Crippen MR) is 69.6 cm³/mol. The molecule has 0 radical (unpaired) electrons. The van der Waals surface area contributed by atoms with Crippen LogP contribution in [0.5, 0.6) is 0 Å². The normalized spacial score (nSPS) is 34.0. The Labute approximate surface area is 107 Å². The van der Waals surface area contributed by atoms with Crippen LogP contribution >= 0.6 is 15.9 Å². The average Bonchev–Trinajstić information content (AvgIpc) is 3.00. The smallest absolute Gasteiger partial charge is 0.223 e. The van der Waals surface area contributed by atoms with E-state index in [1.807, 2.05) is 0 Å². The van der Waals surface area contributed by atoms with Crippen LogP contribution in [0.3, 0.4) is 0 Å². The molecule has 2 rings (SSSR count). The molecule has 0 aliphatic heterocycles. The number of halogens is 1. The SMILES string of the molecule is CCCC(Br)CNC(=O)C1C2CCCCC21. The second-order valence-electron chi connectivity index (χ2n) is 5.27. The summed E-state index contributed by atoms with van der Waals surface area (Å²) in [6.07, 6.45) is 7.55. The Morgan fingerprint density at radius 2 is 2.00 bits per heavy atom. The molecule has 1 N–H and O–H groups in total. The Balaban J connectivity index is 1.69. The van der Waals surface area contributed by atoms with E-state index in [2.05, 4.69) is 28.2 Å². The molecule has 2 nitrogen and oxygen atoms in total. The van der Waals surface area contributed by atoms with Crippen molar-refractivity contribution in [3.8, 4) is 0 Å². The lowest BCUT2D eigenvalue weighted by Crippen LogP contribution is -2.31. The fourth-order valence-electron chi connectivity index (χ4n) is 3.13. The van der Waals surface area contributed by atoms with Crippen LogP contribution in [-0.2, 0) is 4.79 Å². The number of carbonyl (C=O) groups is 1. The van der Waals surface area contributed by atoms with Crippen molar-refractivity contribution in [1.29, 1.82) is 0 Å². The minimum absolute atomic E-state index is 0.317. The zero-order chi connectivity index (χ0) is 11.5. The van der Waals surface area contributed by atoms with E-state index in [0.29, 0.717) is 16.7 Å². The van der Waals surface area contributed by atoms with Gasteiger partial charge in [0, 0.05) is 17.3 Å². The second kappa shape index (κ2) is 5.52. The molecule has 3 heteroatoms. The van der Waals surface area contributed by atoms with Gasteiger partial charge in [0.1, 0.15) is 0 Å². The van der Waals surface area contributed by atoms with Gasteiger partial charge >= 0.3 is 0 Å². The molecule has 3 atom stereocenters. The molecule has 0 spiro atoms. The Morgan fingerprint density at radius 1 is 1.38 bits per heavy atom. The van der Waals surface area contributed by atoms with Crippen LogP contribution in [0.25, 0.3) is 0 Å². The molecule has 0 heterocycles. The zero-order valence-corrected chi connectivity index (χ0v) is 11.6. The summed E-state index contributed by atoms with van der Waals surface area (Å²) in [6.45, 7) is 2.97. The van der Waals surface area contributed by atoms with Gasteiger partial charge in [0.2, 0.25) is 5.91 Å². The highest BCUT2D eigenvalue weighted by molar-refractivity contribution is 9.09. The van der Waals surface area contributed by atoms with Crippen molar-refractivity contribution in [3.05, 3.63) is 0 Å². The number of hydrogen-bond donors (Lipinski definition) is 1. The molecule has 3 unspecified atom stereocenters. The van der Waals surface area contributed by atoms with Crippen LogP contribution < -0.4 is 5.32 Å². The van der Waals surface area contributed by atoms with Crippen molar-refractivity contribution >= 4 is 21.8 Å². The van der Waals surface area contributed by atoms with Crippen molar-refractivity contribution in [2.24, 2.45) is 17.8 Å². The molecule has 16 heavy (non-hydrogen) atoms. The molecule has 2 aliphatic carbocycles. The lowest BCUT2D eigenvalue weighted by Gasteiger charge is -2.09.